The van der Waals surface area contributed by atoms with E-state index in [-0.39, 0.29) is 28.4 Å². The molecule has 1 heterocycles. The monoisotopic (exact) mass is 544 g/mol. The van der Waals surface area contributed by atoms with E-state index in [2.05, 4.69) is 4.74 Å². The van der Waals surface area contributed by atoms with E-state index in [1.54, 1.807) is 4.72 Å². The second kappa shape index (κ2) is 10.0. The second-order valence-electron chi connectivity index (χ2n) is 7.43. The standard InChI is InChI=1S/C20H18Cl2F4N2O5S/c1-34(30,31)27-19(29)13-8-15(22)18(9-16(13)23)32-10-12-3-2-6-28(12)11-4-5-17(14(21)7-11)33-20(24,25)26/h4-5,7-9,12H,2-3,6,10H2,1H3,(H,27,29). The van der Waals surface area contributed by atoms with Crippen molar-refractivity contribution >= 4 is 44.8 Å². The maximum atomic E-state index is 14.4. The second-order valence-corrected chi connectivity index (χ2v) is 9.99. The number of rotatable bonds is 7. The van der Waals surface area contributed by atoms with Crippen LogP contribution >= 0.6 is 23.2 Å². The number of anilines is 1. The first-order valence-electron chi connectivity index (χ1n) is 9.69. The molecule has 0 saturated carbocycles. The molecule has 34 heavy (non-hydrogen) atoms. The SMILES string of the molecule is CS(=O)(=O)NC(=O)c1cc(Cl)c(OCC2CCCN2c2ccc(OC(F)(F)F)c(Cl)c2)cc1F. The fraction of sp³-hybridized carbons (Fsp3) is 0.350. The lowest BCUT2D eigenvalue weighted by molar-refractivity contribution is -0.274. The summed E-state index contributed by atoms with van der Waals surface area (Å²) in [5, 5.41) is -0.323. The molecule has 0 spiro atoms. The number of alkyl halides is 3. The fourth-order valence-electron chi connectivity index (χ4n) is 3.45. The average Bonchev–Trinajstić information content (AvgIpc) is 3.16. The van der Waals surface area contributed by atoms with Crippen LogP contribution < -0.4 is 19.1 Å². The smallest absolute Gasteiger partial charge is 0.490 e. The molecule has 0 radical (unpaired) electrons. The van der Waals surface area contributed by atoms with E-state index >= 15 is 0 Å². The molecule has 186 valence electrons. The molecular formula is C20H18Cl2F4N2O5S. The molecular weight excluding hydrogens is 527 g/mol. The van der Waals surface area contributed by atoms with E-state index in [0.29, 0.717) is 18.7 Å². The van der Waals surface area contributed by atoms with Crippen LogP contribution in [0.3, 0.4) is 0 Å². The Labute approximate surface area is 202 Å². The highest BCUT2D eigenvalue weighted by molar-refractivity contribution is 7.89. The maximum Gasteiger partial charge on any atom is 0.573 e. The highest BCUT2D eigenvalue weighted by atomic mass is 35.5. The molecule has 0 aromatic heterocycles. The van der Waals surface area contributed by atoms with Gasteiger partial charge in [0.05, 0.1) is 27.9 Å². The molecule has 1 amide bonds. The Balaban J connectivity index is 1.71. The molecule has 1 unspecified atom stereocenters. The first kappa shape index (κ1) is 26.2. The van der Waals surface area contributed by atoms with Gasteiger partial charge in [-0.1, -0.05) is 23.2 Å². The van der Waals surface area contributed by atoms with Gasteiger partial charge in [-0.05, 0) is 37.1 Å². The third-order valence-electron chi connectivity index (χ3n) is 4.83. The molecule has 2 aromatic rings. The van der Waals surface area contributed by atoms with Crippen LogP contribution in [-0.4, -0.2) is 46.1 Å². The van der Waals surface area contributed by atoms with Gasteiger partial charge in [-0.3, -0.25) is 4.79 Å². The molecule has 2 aromatic carbocycles. The number of hydrogen-bond donors (Lipinski definition) is 1. The highest BCUT2D eigenvalue weighted by Gasteiger charge is 2.33. The van der Waals surface area contributed by atoms with Crippen molar-refractivity contribution in [3.05, 3.63) is 51.8 Å². The van der Waals surface area contributed by atoms with E-state index in [0.717, 1.165) is 30.9 Å². The van der Waals surface area contributed by atoms with E-state index in [1.165, 1.54) is 12.1 Å². The molecule has 0 aliphatic carbocycles. The summed E-state index contributed by atoms with van der Waals surface area (Å²) in [6, 6.07) is 5.51. The van der Waals surface area contributed by atoms with Crippen molar-refractivity contribution in [2.45, 2.75) is 25.2 Å². The summed E-state index contributed by atoms with van der Waals surface area (Å²) in [4.78, 5) is 13.8. The van der Waals surface area contributed by atoms with Gasteiger partial charge < -0.3 is 14.4 Å². The number of benzene rings is 2. The fourth-order valence-corrected chi connectivity index (χ4v) is 4.33. The molecule has 1 aliphatic rings. The molecule has 0 bridgehead atoms. The minimum Gasteiger partial charge on any atom is -0.490 e. The number of nitrogens with one attached hydrogen (secondary N) is 1. The van der Waals surface area contributed by atoms with Crippen molar-refractivity contribution < 1.29 is 40.2 Å². The Morgan fingerprint density at radius 1 is 1.18 bits per heavy atom. The van der Waals surface area contributed by atoms with Crippen molar-refractivity contribution in [1.29, 1.82) is 0 Å². The molecule has 1 N–H and O–H groups in total. The first-order chi connectivity index (χ1) is 15.7. The topological polar surface area (TPSA) is 84.9 Å². The molecule has 1 fully saturated rings. The van der Waals surface area contributed by atoms with Gasteiger partial charge in [-0.2, -0.15) is 0 Å². The quantitative estimate of drug-likeness (QED) is 0.505. The lowest BCUT2D eigenvalue weighted by Gasteiger charge is -2.27. The summed E-state index contributed by atoms with van der Waals surface area (Å²) < 4.78 is 85.3. The predicted molar refractivity (Wildman–Crippen MR) is 118 cm³/mol. The van der Waals surface area contributed by atoms with Crippen LogP contribution in [0.25, 0.3) is 0 Å². The summed E-state index contributed by atoms with van der Waals surface area (Å²) >= 11 is 12.0. The first-order valence-corrected chi connectivity index (χ1v) is 12.3. The van der Waals surface area contributed by atoms with Gasteiger partial charge in [0.25, 0.3) is 5.91 Å². The predicted octanol–water partition coefficient (Wildman–Crippen LogP) is 4.77. The minimum absolute atomic E-state index is 0.0481. The van der Waals surface area contributed by atoms with Crippen LogP contribution in [0, 0.1) is 5.82 Å². The normalized spacial score (nSPS) is 16.4. The number of hydrogen-bond acceptors (Lipinski definition) is 6. The van der Waals surface area contributed by atoms with Crippen molar-refractivity contribution in [2.24, 2.45) is 0 Å². The zero-order chi connectivity index (χ0) is 25.3. The highest BCUT2D eigenvalue weighted by Crippen LogP contribution is 2.36. The maximum absolute atomic E-state index is 14.4. The molecule has 14 heteroatoms. The summed E-state index contributed by atoms with van der Waals surface area (Å²) in [5.41, 5.74) is -0.0169. The van der Waals surface area contributed by atoms with Gasteiger partial charge in [0.2, 0.25) is 10.0 Å². The number of nitrogens with zero attached hydrogens (tertiary/aromatic N) is 1. The summed E-state index contributed by atoms with van der Waals surface area (Å²) in [7, 11) is -3.90. The third kappa shape index (κ3) is 6.80. The largest absolute Gasteiger partial charge is 0.573 e. The van der Waals surface area contributed by atoms with E-state index in [4.69, 9.17) is 27.9 Å². The number of ether oxygens (including phenoxy) is 2. The summed E-state index contributed by atoms with van der Waals surface area (Å²) in [6.45, 7) is 0.628. The summed E-state index contributed by atoms with van der Waals surface area (Å²) in [6.07, 6.45) is -2.68. The van der Waals surface area contributed by atoms with Crippen LogP contribution in [-0.2, 0) is 10.0 Å². The average molecular weight is 545 g/mol. The molecule has 7 nitrogen and oxygen atoms in total. The Morgan fingerprint density at radius 3 is 2.47 bits per heavy atom. The number of amides is 1. The van der Waals surface area contributed by atoms with Crippen LogP contribution in [0.4, 0.5) is 23.2 Å². The molecule has 3 rings (SSSR count). The van der Waals surface area contributed by atoms with Crippen LogP contribution in [0.1, 0.15) is 23.2 Å². The van der Waals surface area contributed by atoms with E-state index in [1.807, 2.05) is 4.90 Å². The van der Waals surface area contributed by atoms with Gasteiger partial charge in [-0.25, -0.2) is 17.5 Å². The number of carbonyl (C=O) groups is 1. The van der Waals surface area contributed by atoms with Gasteiger partial charge >= 0.3 is 6.36 Å². The number of carbonyl (C=O) groups excluding carboxylic acids is 1. The van der Waals surface area contributed by atoms with Crippen LogP contribution in [0.15, 0.2) is 30.3 Å². The minimum atomic E-state index is -4.87. The van der Waals surface area contributed by atoms with Crippen molar-refractivity contribution in [2.75, 3.05) is 24.3 Å². The van der Waals surface area contributed by atoms with Gasteiger partial charge in [-0.15, -0.1) is 13.2 Å². The lowest BCUT2D eigenvalue weighted by atomic mass is 10.2. The van der Waals surface area contributed by atoms with E-state index in [9.17, 15) is 30.8 Å². The van der Waals surface area contributed by atoms with Crippen molar-refractivity contribution in [3.8, 4) is 11.5 Å². The van der Waals surface area contributed by atoms with Crippen molar-refractivity contribution in [3.63, 3.8) is 0 Å². The van der Waals surface area contributed by atoms with Crippen LogP contribution in [0.2, 0.25) is 10.0 Å². The Hall–Kier alpha value is -2.44. The summed E-state index contributed by atoms with van der Waals surface area (Å²) in [5.74, 6) is -2.79. The Kier molecular flexibility index (Phi) is 7.73. The molecule has 1 aliphatic heterocycles. The Morgan fingerprint density at radius 2 is 1.85 bits per heavy atom. The zero-order valence-corrected chi connectivity index (χ0v) is 19.8. The van der Waals surface area contributed by atoms with Crippen molar-refractivity contribution in [1.82, 2.24) is 4.72 Å². The van der Waals surface area contributed by atoms with Gasteiger partial charge in [0.15, 0.2) is 0 Å². The van der Waals surface area contributed by atoms with Crippen LogP contribution in [0.5, 0.6) is 11.5 Å². The Bertz CT molecular complexity index is 1190. The van der Waals surface area contributed by atoms with E-state index < -0.39 is 39.4 Å². The number of halogens is 6. The lowest BCUT2D eigenvalue weighted by Crippen LogP contribution is -2.34. The number of sulfonamides is 1. The molecule has 1 atom stereocenters. The zero-order valence-electron chi connectivity index (χ0n) is 17.5. The van der Waals surface area contributed by atoms with Gasteiger partial charge in [0.1, 0.15) is 23.9 Å². The molecule has 1 saturated heterocycles. The van der Waals surface area contributed by atoms with Gasteiger partial charge in [0, 0.05) is 18.3 Å². The third-order valence-corrected chi connectivity index (χ3v) is 5.97.